The molecule has 31 heavy (non-hydrogen) atoms. The highest BCUT2D eigenvalue weighted by atomic mass is 16.7. The van der Waals surface area contributed by atoms with Crippen molar-refractivity contribution in [2.45, 2.75) is 56.3 Å². The highest BCUT2D eigenvalue weighted by molar-refractivity contribution is 5.45. The summed E-state index contributed by atoms with van der Waals surface area (Å²) in [7, 11) is 0. The summed E-state index contributed by atoms with van der Waals surface area (Å²) in [6.45, 7) is 1.26. The van der Waals surface area contributed by atoms with Gasteiger partial charge in [-0.25, -0.2) is 4.98 Å². The van der Waals surface area contributed by atoms with Crippen LogP contribution in [0.15, 0.2) is 48.7 Å². The number of ether oxygens (including phenoxy) is 3. The Morgan fingerprint density at radius 3 is 2.52 bits per heavy atom. The van der Waals surface area contributed by atoms with E-state index < -0.39 is 5.79 Å². The molecule has 0 atom stereocenters. The van der Waals surface area contributed by atoms with Crippen LogP contribution in [-0.4, -0.2) is 44.9 Å². The molecule has 0 radical (unpaired) electrons. The molecule has 7 heteroatoms. The van der Waals surface area contributed by atoms with Crippen LogP contribution >= 0.6 is 0 Å². The van der Waals surface area contributed by atoms with Crippen molar-refractivity contribution in [2.24, 2.45) is 0 Å². The summed E-state index contributed by atoms with van der Waals surface area (Å²) in [4.78, 5) is 4.30. The van der Waals surface area contributed by atoms with Crippen molar-refractivity contribution in [1.29, 1.82) is 0 Å². The van der Waals surface area contributed by atoms with Gasteiger partial charge in [-0.1, -0.05) is 24.3 Å². The Hall–Kier alpha value is -2.77. The maximum atomic E-state index is 6.09. The topological polar surface area (TPSA) is 71.3 Å². The van der Waals surface area contributed by atoms with E-state index in [0.717, 1.165) is 49.4 Å². The van der Waals surface area contributed by atoms with E-state index in [9.17, 15) is 0 Å². The number of hydrogen-bond donors (Lipinski definition) is 0. The minimum absolute atomic E-state index is 0.202. The lowest BCUT2D eigenvalue weighted by Crippen LogP contribution is -2.35. The third-order valence-corrected chi connectivity index (χ3v) is 6.65. The summed E-state index contributed by atoms with van der Waals surface area (Å²) < 4.78 is 20.5. The van der Waals surface area contributed by atoms with Crippen molar-refractivity contribution in [3.05, 3.63) is 65.9 Å². The molecule has 0 unspecified atom stereocenters. The average Bonchev–Trinajstić information content (AvgIpc) is 3.40. The maximum Gasteiger partial charge on any atom is 0.213 e. The summed E-state index contributed by atoms with van der Waals surface area (Å²) in [5, 5.41) is 9.28. The molecule has 2 aromatic heterocycles. The quantitative estimate of drug-likeness (QED) is 0.647. The number of aromatic nitrogens is 4. The van der Waals surface area contributed by atoms with Gasteiger partial charge in [0.1, 0.15) is 17.8 Å². The third kappa shape index (κ3) is 3.51. The number of benzene rings is 1. The monoisotopic (exact) mass is 418 g/mol. The van der Waals surface area contributed by atoms with Crippen molar-refractivity contribution in [2.75, 3.05) is 13.2 Å². The Kier molecular flexibility index (Phi) is 4.73. The predicted octanol–water partition coefficient (Wildman–Crippen LogP) is 3.61. The smallest absolute Gasteiger partial charge is 0.213 e. The molecule has 0 amide bonds. The molecule has 1 saturated heterocycles. The second-order valence-corrected chi connectivity index (χ2v) is 8.66. The summed E-state index contributed by atoms with van der Waals surface area (Å²) in [6, 6.07) is 14.3. The Bertz CT molecular complexity index is 1050. The SMILES string of the molecule is c1ccc(OC2CCC(c3nnc4n3-c3ccccc3CC3(C4)OCCO3)CC2)nc1. The van der Waals surface area contributed by atoms with Gasteiger partial charge in [0.25, 0.3) is 0 Å². The Morgan fingerprint density at radius 1 is 0.903 bits per heavy atom. The van der Waals surface area contributed by atoms with Crippen molar-refractivity contribution in [3.8, 4) is 11.6 Å². The van der Waals surface area contributed by atoms with Crippen LogP contribution < -0.4 is 4.74 Å². The van der Waals surface area contributed by atoms with Crippen molar-refractivity contribution < 1.29 is 14.2 Å². The molecule has 3 aliphatic rings. The van der Waals surface area contributed by atoms with Gasteiger partial charge in [-0.15, -0.1) is 10.2 Å². The zero-order chi connectivity index (χ0) is 20.7. The number of nitrogens with zero attached hydrogens (tertiary/aromatic N) is 4. The number of pyridine rings is 1. The number of rotatable bonds is 3. The molecule has 160 valence electrons. The van der Waals surface area contributed by atoms with E-state index in [0.29, 0.717) is 31.4 Å². The highest BCUT2D eigenvalue weighted by Gasteiger charge is 2.42. The third-order valence-electron chi connectivity index (χ3n) is 6.65. The minimum atomic E-state index is -0.622. The molecular formula is C24H26N4O3. The van der Waals surface area contributed by atoms with E-state index in [4.69, 9.17) is 14.2 Å². The fraction of sp³-hybridized carbons (Fsp3) is 0.458. The number of para-hydroxylation sites is 1. The molecule has 6 rings (SSSR count). The molecule has 1 aliphatic carbocycles. The minimum Gasteiger partial charge on any atom is -0.474 e. The fourth-order valence-corrected chi connectivity index (χ4v) is 5.17. The van der Waals surface area contributed by atoms with Gasteiger partial charge in [-0.3, -0.25) is 4.57 Å². The van der Waals surface area contributed by atoms with Gasteiger partial charge in [0, 0.05) is 24.6 Å². The summed E-state index contributed by atoms with van der Waals surface area (Å²) in [5.74, 6) is 2.42. The zero-order valence-corrected chi connectivity index (χ0v) is 17.4. The number of hydrogen-bond acceptors (Lipinski definition) is 6. The molecule has 1 spiro atoms. The molecule has 1 aromatic carbocycles. The first-order valence-corrected chi connectivity index (χ1v) is 11.2. The highest BCUT2D eigenvalue weighted by Crippen LogP contribution is 2.39. The van der Waals surface area contributed by atoms with Gasteiger partial charge in [0.2, 0.25) is 5.88 Å². The van der Waals surface area contributed by atoms with E-state index in [2.05, 4.69) is 44.0 Å². The summed E-state index contributed by atoms with van der Waals surface area (Å²) in [6.07, 6.45) is 7.35. The van der Waals surface area contributed by atoms with Crippen LogP contribution in [0.5, 0.6) is 5.88 Å². The van der Waals surface area contributed by atoms with Crippen molar-refractivity contribution >= 4 is 0 Å². The zero-order valence-electron chi connectivity index (χ0n) is 17.4. The van der Waals surface area contributed by atoms with Crippen LogP contribution in [0.1, 0.15) is 48.8 Å². The lowest BCUT2D eigenvalue weighted by Gasteiger charge is -2.28. The van der Waals surface area contributed by atoms with Gasteiger partial charge in [0.05, 0.1) is 25.3 Å². The fourth-order valence-electron chi connectivity index (χ4n) is 5.17. The molecule has 1 saturated carbocycles. The van der Waals surface area contributed by atoms with Crippen LogP contribution in [0.4, 0.5) is 0 Å². The molecule has 7 nitrogen and oxygen atoms in total. The van der Waals surface area contributed by atoms with Gasteiger partial charge < -0.3 is 14.2 Å². The lowest BCUT2D eigenvalue weighted by atomic mass is 9.86. The Morgan fingerprint density at radius 2 is 1.71 bits per heavy atom. The van der Waals surface area contributed by atoms with Crippen molar-refractivity contribution in [1.82, 2.24) is 19.7 Å². The maximum absolute atomic E-state index is 6.09. The second-order valence-electron chi connectivity index (χ2n) is 8.66. The summed E-state index contributed by atoms with van der Waals surface area (Å²) >= 11 is 0. The largest absolute Gasteiger partial charge is 0.474 e. The molecule has 0 bridgehead atoms. The average molecular weight is 418 g/mol. The van der Waals surface area contributed by atoms with Crippen LogP contribution in [0.2, 0.25) is 0 Å². The molecule has 3 aromatic rings. The first-order chi connectivity index (χ1) is 15.3. The van der Waals surface area contributed by atoms with E-state index in [1.165, 1.54) is 5.56 Å². The second kappa shape index (κ2) is 7.73. The van der Waals surface area contributed by atoms with E-state index in [1.807, 2.05) is 18.2 Å². The van der Waals surface area contributed by atoms with Gasteiger partial charge in [-0.05, 0) is 43.4 Å². The van der Waals surface area contributed by atoms with Crippen LogP contribution in [-0.2, 0) is 22.3 Å². The molecule has 2 fully saturated rings. The Labute approximate surface area is 181 Å². The van der Waals surface area contributed by atoms with Crippen molar-refractivity contribution in [3.63, 3.8) is 0 Å². The normalized spacial score (nSPS) is 24.4. The van der Waals surface area contributed by atoms with E-state index in [1.54, 1.807) is 6.20 Å². The first-order valence-electron chi connectivity index (χ1n) is 11.2. The number of fused-ring (bicyclic) bond motifs is 3. The first kappa shape index (κ1) is 19.0. The molecule has 0 N–H and O–H groups in total. The molecular weight excluding hydrogens is 392 g/mol. The van der Waals surface area contributed by atoms with Gasteiger partial charge in [-0.2, -0.15) is 0 Å². The van der Waals surface area contributed by atoms with Gasteiger partial charge >= 0.3 is 0 Å². The molecule has 2 aliphatic heterocycles. The van der Waals surface area contributed by atoms with E-state index >= 15 is 0 Å². The van der Waals surface area contributed by atoms with Gasteiger partial charge in [0.15, 0.2) is 5.79 Å². The lowest BCUT2D eigenvalue weighted by molar-refractivity contribution is -0.155. The van der Waals surface area contributed by atoms with E-state index in [-0.39, 0.29) is 6.10 Å². The van der Waals surface area contributed by atoms with Crippen LogP contribution in [0, 0.1) is 0 Å². The predicted molar refractivity (Wildman–Crippen MR) is 113 cm³/mol. The summed E-state index contributed by atoms with van der Waals surface area (Å²) in [5.41, 5.74) is 2.37. The van der Waals surface area contributed by atoms with Crippen LogP contribution in [0.3, 0.4) is 0 Å². The standard InChI is InChI=1S/C24H26N4O3/c1-2-6-20-18(5-1)15-24(29-13-14-30-24)16-21-26-27-23(28(20)21)17-8-10-19(11-9-17)31-22-7-3-4-12-25-22/h1-7,12,17,19H,8-11,13-16H2. The Balaban J connectivity index is 1.27. The van der Waals surface area contributed by atoms with Crippen LogP contribution in [0.25, 0.3) is 5.69 Å². The molecule has 4 heterocycles.